The van der Waals surface area contributed by atoms with E-state index in [9.17, 15) is 4.79 Å². The third-order valence-electron chi connectivity index (χ3n) is 3.70. The standard InChI is InChI=1S/C16H19N3O/c1-11-15(16(20)17-14-8-9-14)12(2)19(18-11)10-13-6-4-3-5-7-13/h3-7,14H,8-10H2,1-2H3,(H,17,20). The molecule has 0 spiro atoms. The monoisotopic (exact) mass is 269 g/mol. The van der Waals surface area contributed by atoms with E-state index in [0.29, 0.717) is 12.6 Å². The lowest BCUT2D eigenvalue weighted by atomic mass is 10.1. The Hall–Kier alpha value is -2.10. The van der Waals surface area contributed by atoms with Crippen LogP contribution in [0.1, 0.15) is 40.2 Å². The van der Waals surface area contributed by atoms with E-state index in [0.717, 1.165) is 29.8 Å². The SMILES string of the molecule is Cc1nn(Cc2ccccc2)c(C)c1C(=O)NC1CC1. The van der Waals surface area contributed by atoms with E-state index in [2.05, 4.69) is 22.5 Å². The highest BCUT2D eigenvalue weighted by molar-refractivity contribution is 5.96. The predicted molar refractivity (Wildman–Crippen MR) is 77.7 cm³/mol. The minimum Gasteiger partial charge on any atom is -0.349 e. The quantitative estimate of drug-likeness (QED) is 0.926. The van der Waals surface area contributed by atoms with Crippen LogP contribution >= 0.6 is 0 Å². The van der Waals surface area contributed by atoms with Crippen LogP contribution in [0, 0.1) is 13.8 Å². The van der Waals surface area contributed by atoms with E-state index in [4.69, 9.17) is 0 Å². The number of aromatic nitrogens is 2. The molecule has 1 fully saturated rings. The topological polar surface area (TPSA) is 46.9 Å². The highest BCUT2D eigenvalue weighted by Crippen LogP contribution is 2.21. The first-order chi connectivity index (χ1) is 9.65. The van der Waals surface area contributed by atoms with E-state index in [-0.39, 0.29) is 5.91 Å². The normalized spacial score (nSPS) is 14.3. The van der Waals surface area contributed by atoms with Crippen LogP contribution < -0.4 is 5.32 Å². The molecular weight excluding hydrogens is 250 g/mol. The number of rotatable bonds is 4. The van der Waals surface area contributed by atoms with Gasteiger partial charge in [-0.1, -0.05) is 30.3 Å². The van der Waals surface area contributed by atoms with Crippen molar-refractivity contribution in [2.75, 3.05) is 0 Å². The average molecular weight is 269 g/mol. The molecule has 0 bridgehead atoms. The minimum atomic E-state index is 0.0156. The van der Waals surface area contributed by atoms with Gasteiger partial charge in [-0.2, -0.15) is 5.10 Å². The van der Waals surface area contributed by atoms with Gasteiger partial charge in [0.25, 0.3) is 5.91 Å². The maximum absolute atomic E-state index is 12.2. The van der Waals surface area contributed by atoms with E-state index in [1.807, 2.05) is 36.7 Å². The number of carbonyl (C=O) groups is 1. The van der Waals surface area contributed by atoms with Gasteiger partial charge in [0.2, 0.25) is 0 Å². The lowest BCUT2D eigenvalue weighted by Crippen LogP contribution is -2.26. The Balaban J connectivity index is 1.84. The molecule has 0 aliphatic heterocycles. The largest absolute Gasteiger partial charge is 0.349 e. The van der Waals surface area contributed by atoms with Gasteiger partial charge < -0.3 is 5.32 Å². The molecule has 4 nitrogen and oxygen atoms in total. The Bertz CT molecular complexity index is 627. The summed E-state index contributed by atoms with van der Waals surface area (Å²) in [5, 5.41) is 7.55. The number of nitrogens with one attached hydrogen (secondary N) is 1. The van der Waals surface area contributed by atoms with Crippen LogP contribution in [0.2, 0.25) is 0 Å². The van der Waals surface area contributed by atoms with Crippen molar-refractivity contribution in [3.05, 3.63) is 52.8 Å². The molecule has 1 heterocycles. The molecule has 1 N–H and O–H groups in total. The third kappa shape index (κ3) is 2.59. The van der Waals surface area contributed by atoms with Gasteiger partial charge in [0.1, 0.15) is 0 Å². The second-order valence-corrected chi connectivity index (χ2v) is 5.44. The van der Waals surface area contributed by atoms with Crippen LogP contribution in [-0.4, -0.2) is 21.7 Å². The molecule has 0 radical (unpaired) electrons. The van der Waals surface area contributed by atoms with Crippen molar-refractivity contribution < 1.29 is 4.79 Å². The zero-order chi connectivity index (χ0) is 14.1. The van der Waals surface area contributed by atoms with Crippen molar-refractivity contribution in [1.82, 2.24) is 15.1 Å². The van der Waals surface area contributed by atoms with Crippen molar-refractivity contribution in [3.63, 3.8) is 0 Å². The molecule has 3 rings (SSSR count). The molecule has 1 aliphatic carbocycles. The summed E-state index contributed by atoms with van der Waals surface area (Å²) >= 11 is 0. The molecule has 1 aliphatic rings. The van der Waals surface area contributed by atoms with Gasteiger partial charge >= 0.3 is 0 Å². The van der Waals surface area contributed by atoms with Crippen LogP contribution in [0.3, 0.4) is 0 Å². The number of hydrogen-bond acceptors (Lipinski definition) is 2. The molecule has 20 heavy (non-hydrogen) atoms. The fourth-order valence-electron chi connectivity index (χ4n) is 2.42. The van der Waals surface area contributed by atoms with Crippen LogP contribution in [0.15, 0.2) is 30.3 Å². The summed E-state index contributed by atoms with van der Waals surface area (Å²) in [6, 6.07) is 10.5. The van der Waals surface area contributed by atoms with Gasteiger partial charge in [-0.05, 0) is 32.3 Å². The molecule has 0 atom stereocenters. The molecule has 1 amide bonds. The second kappa shape index (κ2) is 5.12. The third-order valence-corrected chi connectivity index (χ3v) is 3.70. The minimum absolute atomic E-state index is 0.0156. The summed E-state index contributed by atoms with van der Waals surface area (Å²) in [5.41, 5.74) is 3.65. The summed E-state index contributed by atoms with van der Waals surface area (Å²) in [4.78, 5) is 12.2. The van der Waals surface area contributed by atoms with Crippen molar-refractivity contribution in [2.24, 2.45) is 0 Å². The van der Waals surface area contributed by atoms with Gasteiger partial charge in [-0.15, -0.1) is 0 Å². The summed E-state index contributed by atoms with van der Waals surface area (Å²) in [6.45, 7) is 4.56. The van der Waals surface area contributed by atoms with Gasteiger partial charge in [-0.3, -0.25) is 9.48 Å². The average Bonchev–Trinajstić information content (AvgIpc) is 3.18. The molecule has 1 aromatic carbocycles. The fourth-order valence-corrected chi connectivity index (χ4v) is 2.42. The number of carbonyl (C=O) groups excluding carboxylic acids is 1. The number of nitrogens with zero attached hydrogens (tertiary/aromatic N) is 2. The number of benzene rings is 1. The Kier molecular flexibility index (Phi) is 3.30. The Morgan fingerprint density at radius 1 is 1.30 bits per heavy atom. The van der Waals surface area contributed by atoms with Crippen molar-refractivity contribution in [1.29, 1.82) is 0 Å². The first kappa shape index (κ1) is 12.9. The van der Waals surface area contributed by atoms with Crippen molar-refractivity contribution in [3.8, 4) is 0 Å². The molecular formula is C16H19N3O. The highest BCUT2D eigenvalue weighted by Gasteiger charge is 2.26. The summed E-state index contributed by atoms with van der Waals surface area (Å²) in [7, 11) is 0. The second-order valence-electron chi connectivity index (χ2n) is 5.44. The van der Waals surface area contributed by atoms with Gasteiger partial charge in [-0.25, -0.2) is 0 Å². The summed E-state index contributed by atoms with van der Waals surface area (Å²) in [5.74, 6) is 0.0156. The zero-order valence-electron chi connectivity index (χ0n) is 11.9. The Morgan fingerprint density at radius 2 is 2.00 bits per heavy atom. The smallest absolute Gasteiger partial charge is 0.255 e. The maximum Gasteiger partial charge on any atom is 0.255 e. The van der Waals surface area contributed by atoms with Crippen molar-refractivity contribution >= 4 is 5.91 Å². The lowest BCUT2D eigenvalue weighted by Gasteiger charge is -2.06. The summed E-state index contributed by atoms with van der Waals surface area (Å²) in [6.07, 6.45) is 2.20. The van der Waals surface area contributed by atoms with Gasteiger partial charge in [0.05, 0.1) is 17.8 Å². The number of amides is 1. The molecule has 0 saturated heterocycles. The molecule has 4 heteroatoms. The molecule has 2 aromatic rings. The number of hydrogen-bond donors (Lipinski definition) is 1. The van der Waals surface area contributed by atoms with Crippen LogP contribution in [-0.2, 0) is 6.54 Å². The predicted octanol–water partition coefficient (Wildman–Crippen LogP) is 2.44. The molecule has 1 saturated carbocycles. The lowest BCUT2D eigenvalue weighted by molar-refractivity contribution is 0.0949. The van der Waals surface area contributed by atoms with Crippen LogP contribution in [0.4, 0.5) is 0 Å². The molecule has 1 aromatic heterocycles. The van der Waals surface area contributed by atoms with E-state index in [1.165, 1.54) is 5.56 Å². The van der Waals surface area contributed by atoms with Crippen LogP contribution in [0.5, 0.6) is 0 Å². The van der Waals surface area contributed by atoms with Gasteiger partial charge in [0.15, 0.2) is 0 Å². The Morgan fingerprint density at radius 3 is 2.65 bits per heavy atom. The first-order valence-corrected chi connectivity index (χ1v) is 7.04. The fraction of sp³-hybridized carbons (Fsp3) is 0.375. The van der Waals surface area contributed by atoms with Crippen LogP contribution in [0.25, 0.3) is 0 Å². The molecule has 0 unspecified atom stereocenters. The number of aryl methyl sites for hydroxylation is 1. The summed E-state index contributed by atoms with van der Waals surface area (Å²) < 4.78 is 1.91. The zero-order valence-corrected chi connectivity index (χ0v) is 11.9. The van der Waals surface area contributed by atoms with E-state index in [1.54, 1.807) is 0 Å². The van der Waals surface area contributed by atoms with Gasteiger partial charge in [0, 0.05) is 11.7 Å². The molecule has 104 valence electrons. The van der Waals surface area contributed by atoms with E-state index >= 15 is 0 Å². The maximum atomic E-state index is 12.2. The highest BCUT2D eigenvalue weighted by atomic mass is 16.1. The van der Waals surface area contributed by atoms with E-state index < -0.39 is 0 Å². The first-order valence-electron chi connectivity index (χ1n) is 7.04. The Labute approximate surface area is 118 Å². The van der Waals surface area contributed by atoms with Crippen molar-refractivity contribution in [2.45, 2.75) is 39.3 Å².